The SMILES string of the molecule is CCOCCN(CCOCC)C1CNCCC1C. The molecule has 0 amide bonds. The molecule has 0 aromatic rings. The maximum atomic E-state index is 5.49. The zero-order valence-corrected chi connectivity index (χ0v) is 12.3. The van der Waals surface area contributed by atoms with Gasteiger partial charge in [0.2, 0.25) is 0 Å². The monoisotopic (exact) mass is 258 g/mol. The average molecular weight is 258 g/mol. The normalized spacial score (nSPS) is 24.7. The summed E-state index contributed by atoms with van der Waals surface area (Å²) in [5, 5.41) is 3.50. The molecule has 4 heteroatoms. The number of hydrogen-bond donors (Lipinski definition) is 1. The minimum atomic E-state index is 0.625. The molecule has 1 rings (SSSR count). The van der Waals surface area contributed by atoms with Gasteiger partial charge in [-0.1, -0.05) is 6.92 Å². The van der Waals surface area contributed by atoms with E-state index in [1.165, 1.54) is 6.42 Å². The molecule has 0 radical (unpaired) electrons. The van der Waals surface area contributed by atoms with E-state index < -0.39 is 0 Å². The summed E-state index contributed by atoms with van der Waals surface area (Å²) < 4.78 is 11.0. The molecular formula is C14H30N2O2. The number of ether oxygens (including phenoxy) is 2. The topological polar surface area (TPSA) is 33.7 Å². The van der Waals surface area contributed by atoms with E-state index in [-0.39, 0.29) is 0 Å². The first-order chi connectivity index (χ1) is 8.79. The third-order valence-corrected chi connectivity index (χ3v) is 3.71. The van der Waals surface area contributed by atoms with Crippen molar-refractivity contribution >= 4 is 0 Å². The maximum absolute atomic E-state index is 5.49. The molecule has 108 valence electrons. The van der Waals surface area contributed by atoms with Gasteiger partial charge in [-0.3, -0.25) is 4.90 Å². The van der Waals surface area contributed by atoms with Crippen LogP contribution in [0, 0.1) is 5.92 Å². The molecule has 2 atom stereocenters. The Bertz CT molecular complexity index is 192. The van der Waals surface area contributed by atoms with Gasteiger partial charge in [0.25, 0.3) is 0 Å². The van der Waals surface area contributed by atoms with E-state index in [2.05, 4.69) is 31.0 Å². The van der Waals surface area contributed by atoms with Crippen molar-refractivity contribution in [2.45, 2.75) is 33.2 Å². The lowest BCUT2D eigenvalue weighted by atomic mass is 9.93. The van der Waals surface area contributed by atoms with Crippen molar-refractivity contribution in [2.75, 3.05) is 52.6 Å². The molecule has 0 aromatic carbocycles. The second kappa shape index (κ2) is 9.73. The molecular weight excluding hydrogens is 228 g/mol. The Labute approximate surface area is 112 Å². The fourth-order valence-electron chi connectivity index (χ4n) is 2.56. The van der Waals surface area contributed by atoms with Gasteiger partial charge in [0.15, 0.2) is 0 Å². The second-order valence-electron chi connectivity index (χ2n) is 4.97. The molecule has 1 heterocycles. The quantitative estimate of drug-likeness (QED) is 0.633. The maximum Gasteiger partial charge on any atom is 0.0593 e. The van der Waals surface area contributed by atoms with Crippen molar-refractivity contribution in [2.24, 2.45) is 5.92 Å². The van der Waals surface area contributed by atoms with Crippen molar-refractivity contribution in [1.82, 2.24) is 10.2 Å². The lowest BCUT2D eigenvalue weighted by Crippen LogP contribution is -2.52. The highest BCUT2D eigenvalue weighted by atomic mass is 16.5. The molecule has 1 aliphatic rings. The Morgan fingerprint density at radius 2 is 1.72 bits per heavy atom. The summed E-state index contributed by atoms with van der Waals surface area (Å²) in [5.41, 5.74) is 0. The van der Waals surface area contributed by atoms with Crippen LogP contribution < -0.4 is 5.32 Å². The van der Waals surface area contributed by atoms with E-state index in [4.69, 9.17) is 9.47 Å². The van der Waals surface area contributed by atoms with E-state index in [9.17, 15) is 0 Å². The Hall–Kier alpha value is -0.160. The molecule has 1 saturated heterocycles. The van der Waals surface area contributed by atoms with Crippen LogP contribution in [0.4, 0.5) is 0 Å². The summed E-state index contributed by atoms with van der Waals surface area (Å²) in [6.45, 7) is 14.0. The zero-order valence-electron chi connectivity index (χ0n) is 12.3. The molecule has 1 fully saturated rings. The first-order valence-electron chi connectivity index (χ1n) is 7.39. The van der Waals surface area contributed by atoms with Crippen LogP contribution in [-0.4, -0.2) is 63.5 Å². The van der Waals surface area contributed by atoms with Gasteiger partial charge in [0.05, 0.1) is 13.2 Å². The molecule has 0 aliphatic carbocycles. The van der Waals surface area contributed by atoms with E-state index >= 15 is 0 Å². The van der Waals surface area contributed by atoms with Crippen LogP contribution >= 0.6 is 0 Å². The molecule has 18 heavy (non-hydrogen) atoms. The fraction of sp³-hybridized carbons (Fsp3) is 1.00. The summed E-state index contributed by atoms with van der Waals surface area (Å²) in [7, 11) is 0. The van der Waals surface area contributed by atoms with Gasteiger partial charge in [-0.05, 0) is 32.7 Å². The van der Waals surface area contributed by atoms with E-state index in [1.807, 2.05) is 0 Å². The van der Waals surface area contributed by atoms with Gasteiger partial charge < -0.3 is 14.8 Å². The Morgan fingerprint density at radius 1 is 1.11 bits per heavy atom. The third kappa shape index (κ3) is 5.65. The minimum Gasteiger partial charge on any atom is -0.380 e. The van der Waals surface area contributed by atoms with Crippen LogP contribution in [0.5, 0.6) is 0 Å². The minimum absolute atomic E-state index is 0.625. The molecule has 2 unspecified atom stereocenters. The summed E-state index contributed by atoms with van der Waals surface area (Å²) in [5.74, 6) is 0.759. The molecule has 0 aromatic heterocycles. The second-order valence-corrected chi connectivity index (χ2v) is 4.97. The molecule has 0 saturated carbocycles. The van der Waals surface area contributed by atoms with Crippen molar-refractivity contribution in [1.29, 1.82) is 0 Å². The fourth-order valence-corrected chi connectivity index (χ4v) is 2.56. The van der Waals surface area contributed by atoms with E-state index in [0.29, 0.717) is 6.04 Å². The van der Waals surface area contributed by atoms with Gasteiger partial charge in [-0.25, -0.2) is 0 Å². The number of rotatable bonds is 9. The molecule has 1 N–H and O–H groups in total. The summed E-state index contributed by atoms with van der Waals surface area (Å²) in [6.07, 6.45) is 1.27. The largest absolute Gasteiger partial charge is 0.380 e. The smallest absolute Gasteiger partial charge is 0.0593 e. The van der Waals surface area contributed by atoms with Crippen molar-refractivity contribution < 1.29 is 9.47 Å². The van der Waals surface area contributed by atoms with Crippen molar-refractivity contribution in [3.63, 3.8) is 0 Å². The van der Waals surface area contributed by atoms with E-state index in [0.717, 1.165) is 58.5 Å². The van der Waals surface area contributed by atoms with Crippen LogP contribution in [0.2, 0.25) is 0 Å². The standard InChI is InChI=1S/C14H30N2O2/c1-4-17-10-8-16(9-11-18-5-2)14-12-15-7-6-13(14)3/h13-15H,4-12H2,1-3H3. The van der Waals surface area contributed by atoms with Gasteiger partial charge in [0.1, 0.15) is 0 Å². The first-order valence-corrected chi connectivity index (χ1v) is 7.39. The van der Waals surface area contributed by atoms with Crippen LogP contribution in [0.3, 0.4) is 0 Å². The van der Waals surface area contributed by atoms with Crippen LogP contribution in [0.15, 0.2) is 0 Å². The summed E-state index contributed by atoms with van der Waals surface area (Å²) >= 11 is 0. The lowest BCUT2D eigenvalue weighted by Gasteiger charge is -2.38. The average Bonchev–Trinajstić information content (AvgIpc) is 2.38. The molecule has 1 aliphatic heterocycles. The number of nitrogens with zero attached hydrogens (tertiary/aromatic N) is 1. The van der Waals surface area contributed by atoms with Gasteiger partial charge >= 0.3 is 0 Å². The van der Waals surface area contributed by atoms with Gasteiger partial charge in [0, 0.05) is 38.9 Å². The Balaban J connectivity index is 2.40. The molecule has 0 bridgehead atoms. The zero-order chi connectivity index (χ0) is 13.2. The van der Waals surface area contributed by atoms with Crippen LogP contribution in [0.1, 0.15) is 27.2 Å². The number of hydrogen-bond acceptors (Lipinski definition) is 4. The summed E-state index contributed by atoms with van der Waals surface area (Å²) in [6, 6.07) is 0.625. The van der Waals surface area contributed by atoms with Gasteiger partial charge in [-0.15, -0.1) is 0 Å². The van der Waals surface area contributed by atoms with Gasteiger partial charge in [-0.2, -0.15) is 0 Å². The first kappa shape index (κ1) is 15.9. The summed E-state index contributed by atoms with van der Waals surface area (Å²) in [4.78, 5) is 2.53. The number of piperidine rings is 1. The Kier molecular flexibility index (Phi) is 8.59. The van der Waals surface area contributed by atoms with Crippen molar-refractivity contribution in [3.05, 3.63) is 0 Å². The highest BCUT2D eigenvalue weighted by molar-refractivity contribution is 4.83. The number of nitrogens with one attached hydrogen (secondary N) is 1. The van der Waals surface area contributed by atoms with Crippen LogP contribution in [-0.2, 0) is 9.47 Å². The molecule has 0 spiro atoms. The van der Waals surface area contributed by atoms with E-state index in [1.54, 1.807) is 0 Å². The van der Waals surface area contributed by atoms with Crippen molar-refractivity contribution in [3.8, 4) is 0 Å². The lowest BCUT2D eigenvalue weighted by molar-refractivity contribution is 0.0417. The highest BCUT2D eigenvalue weighted by Crippen LogP contribution is 2.17. The predicted molar refractivity (Wildman–Crippen MR) is 75.0 cm³/mol. The molecule has 4 nitrogen and oxygen atoms in total. The third-order valence-electron chi connectivity index (χ3n) is 3.71. The Morgan fingerprint density at radius 3 is 2.22 bits per heavy atom. The predicted octanol–water partition coefficient (Wildman–Crippen LogP) is 1.36. The highest BCUT2D eigenvalue weighted by Gasteiger charge is 2.26. The van der Waals surface area contributed by atoms with Crippen LogP contribution in [0.25, 0.3) is 0 Å².